The maximum Gasteiger partial charge on any atom is 0.293 e. The van der Waals surface area contributed by atoms with E-state index in [9.17, 15) is 19.7 Å². The van der Waals surface area contributed by atoms with Crippen LogP contribution in [0.2, 0.25) is 0 Å². The van der Waals surface area contributed by atoms with Crippen molar-refractivity contribution in [2.45, 2.75) is 13.8 Å². The molecule has 0 aliphatic rings. The predicted octanol–water partition coefficient (Wildman–Crippen LogP) is 2.17. The van der Waals surface area contributed by atoms with Gasteiger partial charge in [-0.3, -0.25) is 19.7 Å². The molecule has 1 aromatic carbocycles. The minimum atomic E-state index is -0.586. The number of likely N-dealkylation sites (N-methyl/N-ethyl adjacent to an activating group) is 1. The molecule has 0 spiro atoms. The second-order valence-corrected chi connectivity index (χ2v) is 5.24. The van der Waals surface area contributed by atoms with E-state index in [0.717, 1.165) is 0 Å². The van der Waals surface area contributed by atoms with Crippen molar-refractivity contribution in [3.8, 4) is 0 Å². The number of hydrogen-bond donors (Lipinski definition) is 1. The average Bonchev–Trinajstić information content (AvgIpc) is 2.91. The summed E-state index contributed by atoms with van der Waals surface area (Å²) in [7, 11) is 1.55. The zero-order chi connectivity index (χ0) is 17.9. The molecule has 0 atom stereocenters. The molecular weight excluding hydrogens is 316 g/mol. The van der Waals surface area contributed by atoms with Crippen LogP contribution in [0, 0.1) is 17.0 Å². The molecule has 1 heterocycles. The van der Waals surface area contributed by atoms with Gasteiger partial charge in [0.15, 0.2) is 11.6 Å². The molecule has 0 aliphatic heterocycles. The summed E-state index contributed by atoms with van der Waals surface area (Å²) >= 11 is 0. The Hall–Kier alpha value is -3.23. The van der Waals surface area contributed by atoms with Gasteiger partial charge < -0.3 is 14.7 Å². The molecule has 2 aromatic rings. The van der Waals surface area contributed by atoms with Crippen molar-refractivity contribution in [2.75, 3.05) is 23.8 Å². The predicted molar refractivity (Wildman–Crippen MR) is 86.2 cm³/mol. The summed E-state index contributed by atoms with van der Waals surface area (Å²) in [5, 5.41) is 17.4. The first kappa shape index (κ1) is 17.1. The van der Waals surface area contributed by atoms with Gasteiger partial charge in [0.1, 0.15) is 11.4 Å². The molecule has 24 heavy (non-hydrogen) atoms. The molecule has 0 aliphatic carbocycles. The number of aromatic nitrogens is 1. The number of benzene rings is 1. The highest BCUT2D eigenvalue weighted by atomic mass is 16.6. The Morgan fingerprint density at radius 1 is 1.38 bits per heavy atom. The van der Waals surface area contributed by atoms with Crippen molar-refractivity contribution in [3.63, 3.8) is 0 Å². The van der Waals surface area contributed by atoms with E-state index >= 15 is 0 Å². The summed E-state index contributed by atoms with van der Waals surface area (Å²) in [5.41, 5.74) is 0.230. The van der Waals surface area contributed by atoms with Crippen LogP contribution in [0.15, 0.2) is 28.8 Å². The van der Waals surface area contributed by atoms with Gasteiger partial charge in [-0.05, 0) is 26.0 Å². The van der Waals surface area contributed by atoms with Crippen LogP contribution in [0.4, 0.5) is 17.2 Å². The number of rotatable bonds is 6. The Kier molecular flexibility index (Phi) is 4.93. The van der Waals surface area contributed by atoms with Gasteiger partial charge in [0.25, 0.3) is 5.69 Å². The Balaban J connectivity index is 2.16. The van der Waals surface area contributed by atoms with Crippen LogP contribution in [0.1, 0.15) is 23.0 Å². The fourth-order valence-electron chi connectivity index (χ4n) is 2.12. The number of ketones is 1. The number of nitro groups is 1. The Labute approximate surface area is 137 Å². The lowest BCUT2D eigenvalue weighted by molar-refractivity contribution is -0.384. The number of carbonyl (C=O) groups is 2. The fourth-order valence-corrected chi connectivity index (χ4v) is 2.12. The Bertz CT molecular complexity index is 799. The molecule has 9 heteroatoms. The number of amides is 1. The number of aryl methyl sites for hydroxylation is 1. The first-order chi connectivity index (χ1) is 11.3. The SMILES string of the molecule is CC(=O)c1ccc(N(C)CC(=O)Nc2cc(C)on2)c([N+](=O)[O-])c1. The number of nitrogens with one attached hydrogen (secondary N) is 1. The molecule has 1 aromatic heterocycles. The molecule has 0 saturated heterocycles. The summed E-state index contributed by atoms with van der Waals surface area (Å²) in [4.78, 5) is 35.4. The quantitative estimate of drug-likeness (QED) is 0.489. The largest absolute Gasteiger partial charge is 0.360 e. The first-order valence-electron chi connectivity index (χ1n) is 7.01. The highest BCUT2D eigenvalue weighted by Gasteiger charge is 2.20. The number of carbonyl (C=O) groups excluding carboxylic acids is 2. The van der Waals surface area contributed by atoms with E-state index < -0.39 is 10.8 Å². The van der Waals surface area contributed by atoms with Crippen molar-refractivity contribution >= 4 is 28.9 Å². The number of Topliss-reactive ketones (excluding diaryl/α,β-unsaturated/α-hetero) is 1. The third-order valence-corrected chi connectivity index (χ3v) is 3.27. The number of nitrogens with zero attached hydrogens (tertiary/aromatic N) is 3. The van der Waals surface area contributed by atoms with Crippen molar-refractivity contribution in [3.05, 3.63) is 45.7 Å². The lowest BCUT2D eigenvalue weighted by Crippen LogP contribution is -2.30. The van der Waals surface area contributed by atoms with Gasteiger partial charge in [-0.1, -0.05) is 5.16 Å². The minimum absolute atomic E-state index is 0.133. The third kappa shape index (κ3) is 3.94. The highest BCUT2D eigenvalue weighted by molar-refractivity contribution is 5.96. The normalized spacial score (nSPS) is 10.3. The van der Waals surface area contributed by atoms with E-state index in [2.05, 4.69) is 10.5 Å². The molecule has 0 unspecified atom stereocenters. The van der Waals surface area contributed by atoms with Crippen LogP contribution in [0.3, 0.4) is 0 Å². The summed E-state index contributed by atoms with van der Waals surface area (Å²) in [6.45, 7) is 2.89. The smallest absolute Gasteiger partial charge is 0.293 e. The average molecular weight is 332 g/mol. The van der Waals surface area contributed by atoms with Crippen LogP contribution < -0.4 is 10.2 Å². The lowest BCUT2D eigenvalue weighted by atomic mass is 10.1. The molecule has 2 rings (SSSR count). The molecule has 0 radical (unpaired) electrons. The monoisotopic (exact) mass is 332 g/mol. The molecule has 0 fully saturated rings. The number of nitro benzene ring substituents is 1. The van der Waals surface area contributed by atoms with E-state index in [1.54, 1.807) is 20.0 Å². The maximum absolute atomic E-state index is 12.0. The van der Waals surface area contributed by atoms with Crippen molar-refractivity contribution in [1.29, 1.82) is 0 Å². The summed E-state index contributed by atoms with van der Waals surface area (Å²) in [5.74, 6) is 0.142. The van der Waals surface area contributed by atoms with Crippen LogP contribution >= 0.6 is 0 Å². The van der Waals surface area contributed by atoms with Gasteiger partial charge in [0.05, 0.1) is 11.5 Å². The van der Waals surface area contributed by atoms with Crippen molar-refractivity contribution in [2.24, 2.45) is 0 Å². The summed E-state index contributed by atoms with van der Waals surface area (Å²) < 4.78 is 4.84. The molecule has 126 valence electrons. The second-order valence-electron chi connectivity index (χ2n) is 5.24. The van der Waals surface area contributed by atoms with Gasteiger partial charge in [-0.2, -0.15) is 0 Å². The third-order valence-electron chi connectivity index (χ3n) is 3.27. The van der Waals surface area contributed by atoms with Gasteiger partial charge >= 0.3 is 0 Å². The first-order valence-corrected chi connectivity index (χ1v) is 7.01. The Morgan fingerprint density at radius 3 is 2.62 bits per heavy atom. The van der Waals surface area contributed by atoms with E-state index in [0.29, 0.717) is 5.76 Å². The van der Waals surface area contributed by atoms with Crippen molar-refractivity contribution in [1.82, 2.24) is 5.16 Å². The molecule has 1 N–H and O–H groups in total. The van der Waals surface area contributed by atoms with E-state index in [1.165, 1.54) is 30.0 Å². The molecule has 9 nitrogen and oxygen atoms in total. The van der Waals surface area contributed by atoms with Crippen molar-refractivity contribution < 1.29 is 19.0 Å². The molecule has 0 bridgehead atoms. The number of anilines is 2. The van der Waals surface area contributed by atoms with Crippen LogP contribution in [-0.2, 0) is 4.79 Å². The lowest BCUT2D eigenvalue weighted by Gasteiger charge is -2.18. The highest BCUT2D eigenvalue weighted by Crippen LogP contribution is 2.28. The fraction of sp³-hybridized carbons (Fsp3) is 0.267. The molecular formula is C15H16N4O5. The van der Waals surface area contributed by atoms with Crippen LogP contribution in [0.5, 0.6) is 0 Å². The minimum Gasteiger partial charge on any atom is -0.360 e. The van der Waals surface area contributed by atoms with E-state index in [4.69, 9.17) is 4.52 Å². The zero-order valence-electron chi connectivity index (χ0n) is 13.4. The van der Waals surface area contributed by atoms with Gasteiger partial charge in [-0.15, -0.1) is 0 Å². The van der Waals surface area contributed by atoms with Gasteiger partial charge in [-0.25, -0.2) is 0 Å². The standard InChI is InChI=1S/C15H16N4O5/c1-9-6-14(17-24-9)16-15(21)8-18(3)12-5-4-11(10(2)20)7-13(12)19(22)23/h4-7H,8H2,1-3H3,(H,16,17,21). The summed E-state index contributed by atoms with van der Waals surface area (Å²) in [6, 6.07) is 5.69. The zero-order valence-corrected chi connectivity index (χ0v) is 13.4. The topological polar surface area (TPSA) is 119 Å². The Morgan fingerprint density at radius 2 is 2.08 bits per heavy atom. The van der Waals surface area contributed by atoms with Gasteiger partial charge in [0, 0.05) is 24.7 Å². The van der Waals surface area contributed by atoms with E-state index in [-0.39, 0.29) is 35.1 Å². The maximum atomic E-state index is 12.0. The molecule has 1 amide bonds. The molecule has 0 saturated carbocycles. The van der Waals surface area contributed by atoms with Crippen LogP contribution in [-0.4, -0.2) is 35.4 Å². The second kappa shape index (κ2) is 6.90. The van der Waals surface area contributed by atoms with E-state index in [1.807, 2.05) is 0 Å². The van der Waals surface area contributed by atoms with Crippen LogP contribution in [0.25, 0.3) is 0 Å². The number of hydrogen-bond acceptors (Lipinski definition) is 7. The summed E-state index contributed by atoms with van der Waals surface area (Å²) in [6.07, 6.45) is 0. The van der Waals surface area contributed by atoms with Gasteiger partial charge in [0.2, 0.25) is 5.91 Å².